The van der Waals surface area contributed by atoms with Crippen LogP contribution in [0.5, 0.6) is 0 Å². The van der Waals surface area contributed by atoms with Crippen LogP contribution >= 0.6 is 0 Å². The fraction of sp³-hybridized carbons (Fsp3) is 0.846. The number of urea groups is 1. The first-order valence-corrected chi connectivity index (χ1v) is 6.86. The van der Waals surface area contributed by atoms with Crippen molar-refractivity contribution in [2.75, 3.05) is 20.1 Å². The van der Waals surface area contributed by atoms with Crippen LogP contribution in [0.15, 0.2) is 0 Å². The molecule has 2 amide bonds. The maximum absolute atomic E-state index is 11.8. The van der Waals surface area contributed by atoms with Crippen molar-refractivity contribution in [2.45, 2.75) is 45.2 Å². The fourth-order valence-electron chi connectivity index (χ4n) is 2.31. The monoisotopic (exact) mass is 271 g/mol. The maximum atomic E-state index is 11.8. The quantitative estimate of drug-likeness (QED) is 0.670. The first-order valence-electron chi connectivity index (χ1n) is 6.86. The predicted molar refractivity (Wildman–Crippen MR) is 73.1 cm³/mol. The van der Waals surface area contributed by atoms with Crippen LogP contribution in [0, 0.1) is 5.92 Å². The number of carbonyl (C=O) groups excluding carboxylic acids is 1. The second-order valence-corrected chi connectivity index (χ2v) is 5.58. The number of carboxylic acids is 1. The van der Waals surface area contributed by atoms with Crippen molar-refractivity contribution >= 4 is 12.0 Å². The molecular weight excluding hydrogens is 246 g/mol. The molecule has 19 heavy (non-hydrogen) atoms. The Labute approximate surface area is 114 Å². The highest BCUT2D eigenvalue weighted by molar-refractivity contribution is 5.75. The van der Waals surface area contributed by atoms with Crippen LogP contribution in [-0.2, 0) is 4.79 Å². The zero-order chi connectivity index (χ0) is 14.4. The second-order valence-electron chi connectivity index (χ2n) is 5.58. The lowest BCUT2D eigenvalue weighted by atomic mass is 10.0. The van der Waals surface area contributed by atoms with Crippen molar-refractivity contribution in [3.63, 3.8) is 0 Å². The van der Waals surface area contributed by atoms with Gasteiger partial charge in [-0.25, -0.2) is 4.79 Å². The van der Waals surface area contributed by atoms with Crippen LogP contribution in [-0.4, -0.2) is 54.2 Å². The molecule has 1 aliphatic rings. The third kappa shape index (κ3) is 5.46. The molecule has 6 heteroatoms. The molecular formula is C13H25N3O3. The molecule has 0 bridgehead atoms. The summed E-state index contributed by atoms with van der Waals surface area (Å²) in [6.07, 6.45) is 2.21. The van der Waals surface area contributed by atoms with Gasteiger partial charge in [-0.15, -0.1) is 0 Å². The van der Waals surface area contributed by atoms with E-state index in [1.807, 2.05) is 13.8 Å². The Bertz CT molecular complexity index is 320. The Morgan fingerprint density at radius 3 is 2.58 bits per heavy atom. The number of nitrogens with one attached hydrogen (secondary N) is 2. The summed E-state index contributed by atoms with van der Waals surface area (Å²) in [4.78, 5) is 24.7. The molecule has 1 fully saturated rings. The average Bonchev–Trinajstić information content (AvgIpc) is 2.70. The van der Waals surface area contributed by atoms with Crippen LogP contribution < -0.4 is 10.6 Å². The highest BCUT2D eigenvalue weighted by Crippen LogP contribution is 2.13. The Morgan fingerprint density at radius 2 is 2.11 bits per heavy atom. The van der Waals surface area contributed by atoms with Gasteiger partial charge in [-0.3, -0.25) is 4.79 Å². The second kappa shape index (κ2) is 7.33. The number of hydrogen-bond donors (Lipinski definition) is 3. The van der Waals surface area contributed by atoms with E-state index in [1.54, 1.807) is 0 Å². The van der Waals surface area contributed by atoms with Crippen molar-refractivity contribution in [3.8, 4) is 0 Å². The van der Waals surface area contributed by atoms with E-state index in [4.69, 9.17) is 5.11 Å². The summed E-state index contributed by atoms with van der Waals surface area (Å²) in [7, 11) is 2.05. The number of hydrogen-bond acceptors (Lipinski definition) is 3. The predicted octanol–water partition coefficient (Wildman–Crippen LogP) is 0.879. The number of aliphatic carboxylic acids is 1. The number of carboxylic acid groups (broad SMARTS) is 1. The van der Waals surface area contributed by atoms with Gasteiger partial charge < -0.3 is 20.6 Å². The van der Waals surface area contributed by atoms with Crippen molar-refractivity contribution in [3.05, 3.63) is 0 Å². The van der Waals surface area contributed by atoms with Crippen LogP contribution in [0.25, 0.3) is 0 Å². The van der Waals surface area contributed by atoms with E-state index < -0.39 is 5.97 Å². The largest absolute Gasteiger partial charge is 0.481 e. The molecule has 110 valence electrons. The van der Waals surface area contributed by atoms with Gasteiger partial charge in [0.2, 0.25) is 0 Å². The van der Waals surface area contributed by atoms with Crippen molar-refractivity contribution in [1.29, 1.82) is 0 Å². The number of likely N-dealkylation sites (tertiary alicyclic amines) is 1. The van der Waals surface area contributed by atoms with Crippen LogP contribution in [0.1, 0.15) is 33.1 Å². The van der Waals surface area contributed by atoms with E-state index in [0.717, 1.165) is 19.4 Å². The lowest BCUT2D eigenvalue weighted by Gasteiger charge is -2.23. The van der Waals surface area contributed by atoms with Crippen LogP contribution in [0.4, 0.5) is 4.79 Å². The Kier molecular flexibility index (Phi) is 6.08. The number of amides is 2. The van der Waals surface area contributed by atoms with Gasteiger partial charge >= 0.3 is 12.0 Å². The third-order valence-corrected chi connectivity index (χ3v) is 3.69. The lowest BCUT2D eigenvalue weighted by Crippen LogP contribution is -2.48. The van der Waals surface area contributed by atoms with Crippen LogP contribution in [0.2, 0.25) is 0 Å². The fourth-order valence-corrected chi connectivity index (χ4v) is 2.31. The minimum absolute atomic E-state index is 0.0472. The zero-order valence-electron chi connectivity index (χ0n) is 12.0. The van der Waals surface area contributed by atoms with Gasteiger partial charge in [0, 0.05) is 18.6 Å². The third-order valence-electron chi connectivity index (χ3n) is 3.69. The molecule has 1 rings (SSSR count). The number of nitrogens with zero attached hydrogens (tertiary/aromatic N) is 1. The summed E-state index contributed by atoms with van der Waals surface area (Å²) >= 11 is 0. The Morgan fingerprint density at radius 1 is 1.42 bits per heavy atom. The summed E-state index contributed by atoms with van der Waals surface area (Å²) in [6, 6.07) is -0.221. The van der Waals surface area contributed by atoms with Crippen molar-refractivity contribution in [2.24, 2.45) is 5.92 Å². The van der Waals surface area contributed by atoms with Gasteiger partial charge in [0.25, 0.3) is 0 Å². The first-order chi connectivity index (χ1) is 8.90. The molecule has 1 saturated heterocycles. The summed E-state index contributed by atoms with van der Waals surface area (Å²) in [5, 5.41) is 14.4. The van der Waals surface area contributed by atoms with E-state index in [-0.39, 0.29) is 24.4 Å². The maximum Gasteiger partial charge on any atom is 0.315 e. The molecule has 2 atom stereocenters. The van der Waals surface area contributed by atoms with Gasteiger partial charge in [-0.05, 0) is 32.4 Å². The van der Waals surface area contributed by atoms with E-state index >= 15 is 0 Å². The molecule has 1 heterocycles. The number of rotatable bonds is 6. The molecule has 0 spiro atoms. The number of likely N-dealkylation sites (N-methyl/N-ethyl adjacent to an activating group) is 1. The molecule has 0 aliphatic carbocycles. The molecule has 1 aliphatic heterocycles. The van der Waals surface area contributed by atoms with Gasteiger partial charge in [-0.1, -0.05) is 13.8 Å². The first kappa shape index (κ1) is 15.8. The Balaban J connectivity index is 2.33. The average molecular weight is 271 g/mol. The van der Waals surface area contributed by atoms with Gasteiger partial charge in [0.1, 0.15) is 0 Å². The smallest absolute Gasteiger partial charge is 0.315 e. The molecule has 0 aromatic heterocycles. The van der Waals surface area contributed by atoms with Gasteiger partial charge in [0.15, 0.2) is 0 Å². The van der Waals surface area contributed by atoms with Gasteiger partial charge in [0.05, 0.1) is 6.42 Å². The highest BCUT2D eigenvalue weighted by atomic mass is 16.4. The standard InChI is InChI=1S/C13H25N3O3/c1-9(2)11(7-12(17)18)15-13(19)14-8-10-5-4-6-16(10)3/h9-11H,4-8H2,1-3H3,(H,17,18)(H2,14,15,19). The molecule has 6 nitrogen and oxygen atoms in total. The van der Waals surface area contributed by atoms with Crippen molar-refractivity contribution < 1.29 is 14.7 Å². The van der Waals surface area contributed by atoms with E-state index in [2.05, 4.69) is 22.6 Å². The highest BCUT2D eigenvalue weighted by Gasteiger charge is 2.23. The van der Waals surface area contributed by atoms with Crippen LogP contribution in [0.3, 0.4) is 0 Å². The number of carbonyl (C=O) groups is 2. The van der Waals surface area contributed by atoms with E-state index in [9.17, 15) is 9.59 Å². The summed E-state index contributed by atoms with van der Waals surface area (Å²) < 4.78 is 0. The lowest BCUT2D eigenvalue weighted by molar-refractivity contribution is -0.137. The van der Waals surface area contributed by atoms with E-state index in [1.165, 1.54) is 0 Å². The molecule has 0 aromatic rings. The summed E-state index contributed by atoms with van der Waals surface area (Å²) in [5.41, 5.74) is 0. The SMILES string of the molecule is CC(C)C(CC(=O)O)NC(=O)NCC1CCCN1C. The topological polar surface area (TPSA) is 81.7 Å². The summed E-state index contributed by atoms with van der Waals surface area (Å²) in [6.45, 7) is 5.49. The molecule has 2 unspecified atom stereocenters. The summed E-state index contributed by atoms with van der Waals surface area (Å²) in [5.74, 6) is -0.800. The van der Waals surface area contributed by atoms with E-state index in [0.29, 0.717) is 12.6 Å². The Hall–Kier alpha value is -1.30. The molecule has 0 radical (unpaired) electrons. The van der Waals surface area contributed by atoms with Crippen molar-refractivity contribution in [1.82, 2.24) is 15.5 Å². The molecule has 3 N–H and O–H groups in total. The minimum Gasteiger partial charge on any atom is -0.481 e. The zero-order valence-corrected chi connectivity index (χ0v) is 12.0. The molecule has 0 saturated carbocycles. The molecule has 0 aromatic carbocycles. The minimum atomic E-state index is -0.894. The normalized spacial score (nSPS) is 21.4. The van der Waals surface area contributed by atoms with Gasteiger partial charge in [-0.2, -0.15) is 0 Å².